The monoisotopic (exact) mass is 367 g/mol. The molecule has 0 radical (unpaired) electrons. The zero-order chi connectivity index (χ0) is 18.9. The third kappa shape index (κ3) is 6.27. The average Bonchev–Trinajstić information content (AvgIpc) is 2.65. The number of benzene rings is 1. The number of urea groups is 1. The van der Waals surface area contributed by atoms with Gasteiger partial charge in [0.2, 0.25) is 0 Å². The largest absolute Gasteiger partial charge is 0.335 e. The SMILES string of the molecule is O=C(NCc1ccc(Cn2ccccc2=O)cc1)NC1CCCCCCC1. The quantitative estimate of drug-likeness (QED) is 0.844. The first kappa shape index (κ1) is 19.2. The number of hydrogen-bond acceptors (Lipinski definition) is 2. The number of nitrogens with zero attached hydrogens (tertiary/aromatic N) is 1. The second kappa shape index (κ2) is 9.95. The van der Waals surface area contributed by atoms with Gasteiger partial charge in [-0.05, 0) is 30.0 Å². The molecule has 1 aromatic heterocycles. The Hall–Kier alpha value is -2.56. The summed E-state index contributed by atoms with van der Waals surface area (Å²) in [6.45, 7) is 1.06. The van der Waals surface area contributed by atoms with Crippen LogP contribution in [0.15, 0.2) is 53.5 Å². The first-order valence-corrected chi connectivity index (χ1v) is 9.98. The van der Waals surface area contributed by atoms with E-state index in [0.717, 1.165) is 24.0 Å². The van der Waals surface area contributed by atoms with Gasteiger partial charge >= 0.3 is 6.03 Å². The summed E-state index contributed by atoms with van der Waals surface area (Å²) in [6, 6.07) is 13.4. The van der Waals surface area contributed by atoms with Crippen LogP contribution in [0.2, 0.25) is 0 Å². The van der Waals surface area contributed by atoms with E-state index in [1.54, 1.807) is 22.9 Å². The Bertz CT molecular complexity index is 775. The highest BCUT2D eigenvalue weighted by Crippen LogP contribution is 2.17. The van der Waals surface area contributed by atoms with E-state index < -0.39 is 0 Å². The van der Waals surface area contributed by atoms with E-state index in [1.165, 1.54) is 32.1 Å². The molecular formula is C22H29N3O2. The van der Waals surface area contributed by atoms with Crippen LogP contribution in [0.4, 0.5) is 4.79 Å². The predicted octanol–water partition coefficient (Wildman–Crippen LogP) is 3.81. The van der Waals surface area contributed by atoms with Gasteiger partial charge in [0, 0.05) is 24.8 Å². The van der Waals surface area contributed by atoms with Crippen molar-refractivity contribution in [2.75, 3.05) is 0 Å². The molecule has 0 bridgehead atoms. The van der Waals surface area contributed by atoms with Crippen molar-refractivity contribution >= 4 is 6.03 Å². The molecule has 5 nitrogen and oxygen atoms in total. The Balaban J connectivity index is 1.46. The molecule has 0 unspecified atom stereocenters. The van der Waals surface area contributed by atoms with Gasteiger partial charge in [-0.25, -0.2) is 4.79 Å². The Morgan fingerprint density at radius 3 is 2.30 bits per heavy atom. The van der Waals surface area contributed by atoms with Crippen molar-refractivity contribution < 1.29 is 4.79 Å². The first-order valence-electron chi connectivity index (χ1n) is 9.98. The number of amides is 2. The zero-order valence-electron chi connectivity index (χ0n) is 15.8. The minimum atomic E-state index is -0.0829. The molecule has 1 aliphatic carbocycles. The lowest BCUT2D eigenvalue weighted by atomic mass is 9.97. The number of rotatable bonds is 5. The topological polar surface area (TPSA) is 63.1 Å². The van der Waals surface area contributed by atoms with Gasteiger partial charge in [-0.3, -0.25) is 4.79 Å². The summed E-state index contributed by atoms with van der Waals surface area (Å²) < 4.78 is 1.68. The van der Waals surface area contributed by atoms with Gasteiger partial charge in [-0.15, -0.1) is 0 Å². The molecule has 5 heteroatoms. The zero-order valence-corrected chi connectivity index (χ0v) is 15.8. The first-order chi connectivity index (χ1) is 13.2. The van der Waals surface area contributed by atoms with Gasteiger partial charge in [0.15, 0.2) is 0 Å². The number of pyridine rings is 1. The molecule has 144 valence electrons. The molecule has 1 aliphatic rings. The fourth-order valence-electron chi connectivity index (χ4n) is 3.57. The summed E-state index contributed by atoms with van der Waals surface area (Å²) in [4.78, 5) is 23.9. The van der Waals surface area contributed by atoms with Crippen molar-refractivity contribution in [2.45, 2.75) is 64.1 Å². The lowest BCUT2D eigenvalue weighted by Gasteiger charge is -2.21. The van der Waals surface area contributed by atoms with E-state index in [0.29, 0.717) is 19.1 Å². The molecule has 2 N–H and O–H groups in total. The summed E-state index contributed by atoms with van der Waals surface area (Å²) in [5.74, 6) is 0. The maximum atomic E-state index is 12.2. The van der Waals surface area contributed by atoms with E-state index in [9.17, 15) is 9.59 Å². The van der Waals surface area contributed by atoms with Crippen LogP contribution in [0.1, 0.15) is 56.1 Å². The van der Waals surface area contributed by atoms with Crippen molar-refractivity contribution in [2.24, 2.45) is 0 Å². The molecule has 2 amide bonds. The maximum Gasteiger partial charge on any atom is 0.315 e. The van der Waals surface area contributed by atoms with E-state index in [4.69, 9.17) is 0 Å². The average molecular weight is 367 g/mol. The van der Waals surface area contributed by atoms with Crippen molar-refractivity contribution in [1.82, 2.24) is 15.2 Å². The van der Waals surface area contributed by atoms with E-state index >= 15 is 0 Å². The van der Waals surface area contributed by atoms with E-state index in [2.05, 4.69) is 10.6 Å². The molecule has 3 rings (SSSR count). The smallest absolute Gasteiger partial charge is 0.315 e. The molecule has 0 saturated heterocycles. The summed E-state index contributed by atoms with van der Waals surface area (Å²) >= 11 is 0. The summed E-state index contributed by atoms with van der Waals surface area (Å²) in [7, 11) is 0. The number of aromatic nitrogens is 1. The summed E-state index contributed by atoms with van der Waals surface area (Å²) in [5, 5.41) is 6.07. The van der Waals surface area contributed by atoms with Crippen molar-refractivity contribution in [3.05, 3.63) is 70.1 Å². The number of nitrogens with one attached hydrogen (secondary N) is 2. The number of carbonyl (C=O) groups is 1. The van der Waals surface area contributed by atoms with Crippen molar-refractivity contribution in [3.8, 4) is 0 Å². The fraction of sp³-hybridized carbons (Fsp3) is 0.455. The summed E-state index contributed by atoms with van der Waals surface area (Å²) in [6.07, 6.45) is 10.3. The second-order valence-corrected chi connectivity index (χ2v) is 7.35. The van der Waals surface area contributed by atoms with Crippen LogP contribution >= 0.6 is 0 Å². The van der Waals surface area contributed by atoms with Gasteiger partial charge in [0.1, 0.15) is 0 Å². The van der Waals surface area contributed by atoms with Crippen LogP contribution < -0.4 is 16.2 Å². The van der Waals surface area contributed by atoms with Crippen LogP contribution in [0, 0.1) is 0 Å². The van der Waals surface area contributed by atoms with Gasteiger partial charge in [-0.1, -0.05) is 62.4 Å². The second-order valence-electron chi connectivity index (χ2n) is 7.35. The minimum Gasteiger partial charge on any atom is -0.335 e. The van der Waals surface area contributed by atoms with Crippen LogP contribution in [-0.4, -0.2) is 16.6 Å². The van der Waals surface area contributed by atoms with E-state index in [-0.39, 0.29) is 11.6 Å². The van der Waals surface area contributed by atoms with Crippen molar-refractivity contribution in [3.63, 3.8) is 0 Å². The fourth-order valence-corrected chi connectivity index (χ4v) is 3.57. The highest BCUT2D eigenvalue weighted by Gasteiger charge is 2.13. The Morgan fingerprint density at radius 1 is 0.926 bits per heavy atom. The lowest BCUT2D eigenvalue weighted by molar-refractivity contribution is 0.233. The van der Waals surface area contributed by atoms with Gasteiger partial charge in [-0.2, -0.15) is 0 Å². The lowest BCUT2D eigenvalue weighted by Crippen LogP contribution is -2.42. The van der Waals surface area contributed by atoms with Crippen molar-refractivity contribution in [1.29, 1.82) is 0 Å². The third-order valence-corrected chi connectivity index (χ3v) is 5.17. The molecule has 1 heterocycles. The van der Waals surface area contributed by atoms with Gasteiger partial charge in [0.05, 0.1) is 6.54 Å². The molecule has 1 saturated carbocycles. The molecule has 0 atom stereocenters. The molecule has 0 aliphatic heterocycles. The maximum absolute atomic E-state index is 12.2. The molecule has 2 aromatic rings. The summed E-state index contributed by atoms with van der Waals surface area (Å²) in [5.41, 5.74) is 2.10. The standard InChI is InChI=1S/C22H29N3O2/c26-21-10-6-7-15-25(21)17-19-13-11-18(12-14-19)16-23-22(27)24-20-8-4-2-1-3-5-9-20/h6-7,10-15,20H,1-5,8-9,16-17H2,(H2,23,24,27). The van der Waals surface area contributed by atoms with Crippen LogP contribution in [-0.2, 0) is 13.1 Å². The van der Waals surface area contributed by atoms with Crippen LogP contribution in [0.5, 0.6) is 0 Å². The Labute approximate surface area is 160 Å². The minimum absolute atomic E-state index is 0.00544. The van der Waals surface area contributed by atoms with E-state index in [1.807, 2.05) is 30.3 Å². The molecule has 1 fully saturated rings. The highest BCUT2D eigenvalue weighted by molar-refractivity contribution is 5.74. The highest BCUT2D eigenvalue weighted by atomic mass is 16.2. The third-order valence-electron chi connectivity index (χ3n) is 5.17. The van der Waals surface area contributed by atoms with Gasteiger partial charge in [0.25, 0.3) is 5.56 Å². The Morgan fingerprint density at radius 2 is 1.59 bits per heavy atom. The molecule has 0 spiro atoms. The van der Waals surface area contributed by atoms with Crippen LogP contribution in [0.25, 0.3) is 0 Å². The predicted molar refractivity (Wildman–Crippen MR) is 108 cm³/mol. The normalized spacial score (nSPS) is 15.6. The molecule has 27 heavy (non-hydrogen) atoms. The molecular weight excluding hydrogens is 338 g/mol. The number of carbonyl (C=O) groups excluding carboxylic acids is 1. The Kier molecular flexibility index (Phi) is 7.08. The van der Waals surface area contributed by atoms with Crippen LogP contribution in [0.3, 0.4) is 0 Å². The molecule has 1 aromatic carbocycles. The van der Waals surface area contributed by atoms with Gasteiger partial charge < -0.3 is 15.2 Å². The number of hydrogen-bond donors (Lipinski definition) is 2.